The minimum absolute atomic E-state index is 0.00590. The fourth-order valence-corrected chi connectivity index (χ4v) is 11.5. The molecule has 0 aromatic rings. The van der Waals surface area contributed by atoms with Crippen molar-refractivity contribution >= 4 is 13.7 Å². The fraction of sp³-hybridized carbons (Fsp3) is 0.759. The maximum Gasteiger partial charge on any atom is 0.268 e. The number of aliphatic hydroxyl groups is 1. The third-order valence-electron chi connectivity index (χ3n) is 16.5. The molecule has 88 heavy (non-hydrogen) atoms. The van der Waals surface area contributed by atoms with Gasteiger partial charge in [0.2, 0.25) is 5.91 Å². The Balaban J connectivity index is 4.09. The van der Waals surface area contributed by atoms with Crippen LogP contribution in [0.25, 0.3) is 0 Å². The molecule has 8 nitrogen and oxygen atoms in total. The van der Waals surface area contributed by atoms with Crippen molar-refractivity contribution in [1.82, 2.24) is 5.32 Å². The maximum absolute atomic E-state index is 13.1. The molecule has 3 atom stereocenters. The quantitative estimate of drug-likeness (QED) is 0.0272. The number of quaternary nitrogens is 1. The second kappa shape index (κ2) is 68.5. The van der Waals surface area contributed by atoms with Crippen molar-refractivity contribution in [2.24, 2.45) is 0 Å². The topological polar surface area (TPSA) is 108 Å². The summed E-state index contributed by atoms with van der Waals surface area (Å²) in [5.41, 5.74) is 0. The van der Waals surface area contributed by atoms with Crippen LogP contribution in [-0.2, 0) is 18.4 Å². The molecule has 2 N–H and O–H groups in total. The van der Waals surface area contributed by atoms with Crippen LogP contribution in [0.15, 0.2) is 109 Å². The summed E-state index contributed by atoms with van der Waals surface area (Å²) >= 11 is 0. The van der Waals surface area contributed by atoms with Crippen molar-refractivity contribution in [1.29, 1.82) is 0 Å². The Bertz CT molecular complexity index is 1810. The van der Waals surface area contributed by atoms with Gasteiger partial charge in [-0.2, -0.15) is 0 Å². The molecule has 3 unspecified atom stereocenters. The van der Waals surface area contributed by atoms with Crippen molar-refractivity contribution < 1.29 is 32.9 Å². The predicted octanol–water partition coefficient (Wildman–Crippen LogP) is 23.6. The fourth-order valence-electron chi connectivity index (χ4n) is 10.8. The molecule has 510 valence electrons. The number of carbonyl (C=O) groups is 1. The SMILES string of the molecule is CC/C=C\C/C=C\C/C=C\C/C=C\C/C=C\C/C=C\C/C=C\C/C=C\CCCCCCCCCCCCC(=O)NC(COP(=O)([O-])OCC[N+](C)(C)C)C(O)/C=C/CCCCCCCCCCCCCCCCCCCCCCCCCCCCCCC. The van der Waals surface area contributed by atoms with Gasteiger partial charge in [0, 0.05) is 6.42 Å². The van der Waals surface area contributed by atoms with Gasteiger partial charge in [-0.1, -0.05) is 354 Å². The lowest BCUT2D eigenvalue weighted by atomic mass is 10.0. The monoisotopic (exact) mass is 1250 g/mol. The number of nitrogens with zero attached hydrogens (tertiary/aromatic N) is 1. The average molecular weight is 1250 g/mol. The van der Waals surface area contributed by atoms with E-state index in [1.165, 1.54) is 218 Å². The van der Waals surface area contributed by atoms with Gasteiger partial charge in [-0.05, 0) is 83.5 Å². The zero-order chi connectivity index (χ0) is 64.1. The van der Waals surface area contributed by atoms with E-state index in [1.807, 2.05) is 27.2 Å². The highest BCUT2D eigenvalue weighted by Gasteiger charge is 2.23. The minimum Gasteiger partial charge on any atom is -0.756 e. The number of hydrogen-bond acceptors (Lipinski definition) is 6. The van der Waals surface area contributed by atoms with E-state index in [-0.39, 0.29) is 19.1 Å². The van der Waals surface area contributed by atoms with Gasteiger partial charge in [-0.15, -0.1) is 0 Å². The Labute approximate surface area is 546 Å². The molecule has 0 radical (unpaired) electrons. The molecule has 0 aromatic heterocycles. The zero-order valence-corrected chi connectivity index (χ0v) is 59.3. The second-order valence-corrected chi connectivity index (χ2v) is 27.7. The van der Waals surface area contributed by atoms with Gasteiger partial charge < -0.3 is 28.8 Å². The van der Waals surface area contributed by atoms with Crippen LogP contribution in [0.4, 0.5) is 0 Å². The number of allylic oxidation sites excluding steroid dienone is 17. The van der Waals surface area contributed by atoms with Crippen LogP contribution in [0, 0.1) is 0 Å². The van der Waals surface area contributed by atoms with Gasteiger partial charge in [0.05, 0.1) is 39.9 Å². The second-order valence-electron chi connectivity index (χ2n) is 26.3. The standard InChI is InChI=1S/C79H143N2O6P/c1-6-8-10-12-14-16-18-20-22-24-26-28-30-32-34-36-38-39-40-41-43-45-47-49-51-53-55-57-59-61-63-65-67-69-71-73-79(83)80-77(76-87-88(84,85)86-75-74-81(3,4)5)78(82)72-70-68-66-64-62-60-58-56-54-52-50-48-46-44-42-37-35-33-31-29-27-25-23-21-19-17-15-13-11-9-7-2/h8,10,14,16,20,22,26,28,32,34,38-39,41,43,47,49,70,72,77-78,82H,6-7,9,11-13,15,17-19,21,23-25,27,29-31,33,35-37,40,42,44-46,48,50-69,71,73-76H2,1-5H3,(H-,80,83,84,85)/b10-8-,16-14-,22-20-,28-26-,34-32-,39-38-,43-41-,49-47-,72-70+. The summed E-state index contributed by atoms with van der Waals surface area (Å²) in [6, 6.07) is -0.898. The highest BCUT2D eigenvalue weighted by Crippen LogP contribution is 2.38. The number of aliphatic hydroxyl groups excluding tert-OH is 1. The third-order valence-corrected chi connectivity index (χ3v) is 17.5. The minimum atomic E-state index is -4.61. The summed E-state index contributed by atoms with van der Waals surface area (Å²) < 4.78 is 23.5. The highest BCUT2D eigenvalue weighted by atomic mass is 31.2. The summed E-state index contributed by atoms with van der Waals surface area (Å²) in [5.74, 6) is -0.202. The average Bonchev–Trinajstić information content (AvgIpc) is 3.64. The highest BCUT2D eigenvalue weighted by molar-refractivity contribution is 7.45. The predicted molar refractivity (Wildman–Crippen MR) is 385 cm³/mol. The number of carbonyl (C=O) groups excluding carboxylic acids is 1. The molecule has 0 fully saturated rings. The van der Waals surface area contributed by atoms with Crippen LogP contribution in [0.2, 0.25) is 0 Å². The maximum atomic E-state index is 13.1. The van der Waals surface area contributed by atoms with Gasteiger partial charge in [0.25, 0.3) is 7.82 Å². The summed E-state index contributed by atoms with van der Waals surface area (Å²) in [6.07, 6.45) is 101. The Morgan fingerprint density at radius 3 is 1.01 bits per heavy atom. The Hall–Kier alpha value is -2.84. The molecule has 0 aliphatic rings. The summed E-state index contributed by atoms with van der Waals surface area (Å²) in [7, 11) is 1.26. The Morgan fingerprint density at radius 1 is 0.409 bits per heavy atom. The van der Waals surface area contributed by atoms with Crippen LogP contribution >= 0.6 is 7.82 Å². The smallest absolute Gasteiger partial charge is 0.268 e. The summed E-state index contributed by atoms with van der Waals surface area (Å²) in [6.45, 7) is 4.56. The van der Waals surface area contributed by atoms with E-state index in [1.54, 1.807) is 6.08 Å². The molecule has 0 rings (SSSR count). The van der Waals surface area contributed by atoms with E-state index in [0.717, 1.165) is 96.3 Å². The van der Waals surface area contributed by atoms with Crippen molar-refractivity contribution in [2.75, 3.05) is 40.9 Å². The van der Waals surface area contributed by atoms with Gasteiger partial charge in [0.1, 0.15) is 13.2 Å². The van der Waals surface area contributed by atoms with E-state index in [4.69, 9.17) is 9.05 Å². The number of rotatable bonds is 68. The summed E-state index contributed by atoms with van der Waals surface area (Å²) in [5, 5.41) is 14.0. The van der Waals surface area contributed by atoms with Crippen LogP contribution in [0.5, 0.6) is 0 Å². The number of hydrogen-bond donors (Lipinski definition) is 2. The molecule has 0 bridgehead atoms. The van der Waals surface area contributed by atoms with Crippen LogP contribution in [0.3, 0.4) is 0 Å². The summed E-state index contributed by atoms with van der Waals surface area (Å²) in [4.78, 5) is 25.7. The number of unbranched alkanes of at least 4 members (excludes halogenated alkanes) is 39. The van der Waals surface area contributed by atoms with Crippen molar-refractivity contribution in [3.8, 4) is 0 Å². The number of nitrogens with one attached hydrogen (secondary N) is 1. The van der Waals surface area contributed by atoms with Gasteiger partial charge in [0.15, 0.2) is 0 Å². The lowest BCUT2D eigenvalue weighted by Gasteiger charge is -2.29. The normalized spacial score (nSPS) is 14.2. The first kappa shape index (κ1) is 85.2. The zero-order valence-electron chi connectivity index (χ0n) is 58.4. The largest absolute Gasteiger partial charge is 0.756 e. The van der Waals surface area contributed by atoms with Crippen molar-refractivity contribution in [2.45, 2.75) is 347 Å². The number of phosphoric ester groups is 1. The Kier molecular flexibility index (Phi) is 66.3. The molecule has 0 spiro atoms. The molecule has 0 saturated carbocycles. The molecule has 0 aliphatic carbocycles. The molecule has 0 aromatic carbocycles. The Morgan fingerprint density at radius 2 is 0.693 bits per heavy atom. The van der Waals surface area contributed by atoms with Crippen LogP contribution < -0.4 is 10.2 Å². The third kappa shape index (κ3) is 70.6. The van der Waals surface area contributed by atoms with Gasteiger partial charge in [-0.3, -0.25) is 9.36 Å². The lowest BCUT2D eigenvalue weighted by molar-refractivity contribution is -0.870. The van der Waals surface area contributed by atoms with Crippen molar-refractivity contribution in [3.63, 3.8) is 0 Å². The van der Waals surface area contributed by atoms with E-state index in [0.29, 0.717) is 17.4 Å². The van der Waals surface area contributed by atoms with Crippen LogP contribution in [-0.4, -0.2) is 68.5 Å². The van der Waals surface area contributed by atoms with Crippen molar-refractivity contribution in [3.05, 3.63) is 109 Å². The van der Waals surface area contributed by atoms with E-state index in [9.17, 15) is 19.4 Å². The lowest BCUT2D eigenvalue weighted by Crippen LogP contribution is -2.45. The first-order chi connectivity index (χ1) is 43.0. The first-order valence-electron chi connectivity index (χ1n) is 37.2. The van der Waals surface area contributed by atoms with Gasteiger partial charge >= 0.3 is 0 Å². The van der Waals surface area contributed by atoms with E-state index < -0.39 is 20.0 Å². The molecular formula is C79H143N2O6P. The van der Waals surface area contributed by atoms with Crippen LogP contribution in [0.1, 0.15) is 335 Å². The van der Waals surface area contributed by atoms with Gasteiger partial charge in [-0.25, -0.2) is 0 Å². The molecular weight excluding hydrogens is 1100 g/mol. The van der Waals surface area contributed by atoms with E-state index in [2.05, 4.69) is 116 Å². The number of likely N-dealkylation sites (N-methyl/N-ethyl adjacent to an activating group) is 1. The number of amides is 1. The first-order valence-corrected chi connectivity index (χ1v) is 38.7. The molecule has 1 amide bonds. The molecule has 0 heterocycles. The molecule has 9 heteroatoms. The van der Waals surface area contributed by atoms with E-state index >= 15 is 0 Å². The molecule has 0 saturated heterocycles. The molecule has 0 aliphatic heterocycles. The number of phosphoric acid groups is 1.